The van der Waals surface area contributed by atoms with E-state index in [9.17, 15) is 4.79 Å². The van der Waals surface area contributed by atoms with Crippen LogP contribution in [0.5, 0.6) is 0 Å². The van der Waals surface area contributed by atoms with Gasteiger partial charge in [0.15, 0.2) is 5.16 Å². The summed E-state index contributed by atoms with van der Waals surface area (Å²) < 4.78 is 0. The van der Waals surface area contributed by atoms with Gasteiger partial charge >= 0.3 is 0 Å². The third-order valence-corrected chi connectivity index (χ3v) is 5.99. The summed E-state index contributed by atoms with van der Waals surface area (Å²) in [6, 6.07) is 9.61. The summed E-state index contributed by atoms with van der Waals surface area (Å²) in [5, 5.41) is 5.12. The van der Waals surface area contributed by atoms with Gasteiger partial charge in [0.2, 0.25) is 0 Å². The third-order valence-electron chi connectivity index (χ3n) is 5.08. The maximum atomic E-state index is 12.4. The molecule has 0 aliphatic heterocycles. The summed E-state index contributed by atoms with van der Waals surface area (Å²) in [6.45, 7) is 5.97. The third kappa shape index (κ3) is 5.89. The van der Waals surface area contributed by atoms with Gasteiger partial charge in [-0.1, -0.05) is 43.2 Å². The number of nitrogens with one attached hydrogen (secondary N) is 1. The zero-order chi connectivity index (χ0) is 19.9. The van der Waals surface area contributed by atoms with Crippen LogP contribution in [0, 0.1) is 19.8 Å². The van der Waals surface area contributed by atoms with Crippen molar-refractivity contribution in [2.75, 3.05) is 0 Å². The van der Waals surface area contributed by atoms with Crippen molar-refractivity contribution in [3.63, 3.8) is 0 Å². The molecule has 1 amide bonds. The summed E-state index contributed by atoms with van der Waals surface area (Å²) >= 11 is 1.60. The number of thioether (sulfide) groups is 1. The Morgan fingerprint density at radius 1 is 1.11 bits per heavy atom. The van der Waals surface area contributed by atoms with Gasteiger partial charge in [-0.25, -0.2) is 15.4 Å². The quantitative estimate of drug-likeness (QED) is 0.320. The Bertz CT molecular complexity index is 822. The lowest BCUT2D eigenvalue weighted by atomic mass is 9.86. The monoisotopic (exact) mass is 396 g/mol. The fraction of sp³-hybridized carbons (Fsp3) is 0.455. The van der Waals surface area contributed by atoms with E-state index >= 15 is 0 Å². The van der Waals surface area contributed by atoms with E-state index in [0.717, 1.165) is 33.6 Å². The number of nitrogens with zero attached hydrogens (tertiary/aromatic N) is 3. The summed E-state index contributed by atoms with van der Waals surface area (Å²) in [6.07, 6.45) is 6.20. The Balaban J connectivity index is 1.53. The van der Waals surface area contributed by atoms with Crippen molar-refractivity contribution in [2.24, 2.45) is 11.0 Å². The molecule has 0 spiro atoms. The van der Waals surface area contributed by atoms with E-state index in [2.05, 4.69) is 20.5 Å². The van der Waals surface area contributed by atoms with E-state index in [1.54, 1.807) is 11.8 Å². The van der Waals surface area contributed by atoms with Gasteiger partial charge in [-0.2, -0.15) is 5.10 Å². The van der Waals surface area contributed by atoms with Crippen molar-refractivity contribution in [1.82, 2.24) is 15.4 Å². The van der Waals surface area contributed by atoms with Gasteiger partial charge in [-0.05, 0) is 63.3 Å². The molecule has 1 aromatic carbocycles. The first-order chi connectivity index (χ1) is 13.5. The second-order valence-electron chi connectivity index (χ2n) is 7.45. The molecule has 1 aliphatic rings. The summed E-state index contributed by atoms with van der Waals surface area (Å²) in [7, 11) is 0. The average molecular weight is 397 g/mol. The molecule has 0 unspecified atom stereocenters. The number of carbonyl (C=O) groups is 1. The average Bonchev–Trinajstić information content (AvgIpc) is 2.70. The van der Waals surface area contributed by atoms with Gasteiger partial charge in [-0.15, -0.1) is 0 Å². The topological polar surface area (TPSA) is 67.2 Å². The van der Waals surface area contributed by atoms with Crippen molar-refractivity contribution in [3.8, 4) is 0 Å². The molecule has 0 radical (unpaired) electrons. The summed E-state index contributed by atoms with van der Waals surface area (Å²) in [4.78, 5) is 21.2. The number of benzene rings is 1. The zero-order valence-electron chi connectivity index (χ0n) is 16.9. The number of aryl methyl sites for hydroxylation is 2. The molecule has 148 valence electrons. The van der Waals surface area contributed by atoms with Crippen molar-refractivity contribution in [3.05, 3.63) is 52.8 Å². The second-order valence-corrected chi connectivity index (χ2v) is 8.39. The van der Waals surface area contributed by atoms with Crippen LogP contribution in [0.3, 0.4) is 0 Å². The van der Waals surface area contributed by atoms with Crippen molar-refractivity contribution >= 4 is 23.4 Å². The predicted molar refractivity (Wildman–Crippen MR) is 115 cm³/mol. The van der Waals surface area contributed by atoms with Crippen LogP contribution in [0.15, 0.2) is 40.6 Å². The van der Waals surface area contributed by atoms with Gasteiger partial charge in [-0.3, -0.25) is 4.79 Å². The Morgan fingerprint density at radius 2 is 1.75 bits per heavy atom. The molecule has 1 fully saturated rings. The van der Waals surface area contributed by atoms with Crippen LogP contribution in [0.1, 0.15) is 66.3 Å². The molecule has 1 N–H and O–H groups in total. The molecule has 6 heteroatoms. The van der Waals surface area contributed by atoms with Gasteiger partial charge < -0.3 is 0 Å². The van der Waals surface area contributed by atoms with E-state index in [0.29, 0.717) is 11.5 Å². The minimum atomic E-state index is -0.160. The van der Waals surface area contributed by atoms with Crippen LogP contribution < -0.4 is 5.43 Å². The minimum absolute atomic E-state index is 0.160. The normalized spacial score (nSPS) is 15.5. The molecule has 28 heavy (non-hydrogen) atoms. The first-order valence-electron chi connectivity index (χ1n) is 9.90. The van der Waals surface area contributed by atoms with Crippen LogP contribution in [-0.2, 0) is 5.75 Å². The fourth-order valence-electron chi connectivity index (χ4n) is 3.47. The molecular weight excluding hydrogens is 368 g/mol. The van der Waals surface area contributed by atoms with Crippen LogP contribution in [0.4, 0.5) is 0 Å². The van der Waals surface area contributed by atoms with Gasteiger partial charge in [0, 0.05) is 28.4 Å². The van der Waals surface area contributed by atoms with E-state index < -0.39 is 0 Å². The molecule has 2 aromatic rings. The first kappa shape index (κ1) is 20.5. The lowest BCUT2D eigenvalue weighted by molar-refractivity contribution is 0.0954. The fourth-order valence-corrected chi connectivity index (χ4v) is 4.38. The van der Waals surface area contributed by atoms with Gasteiger partial charge in [0.05, 0.1) is 0 Å². The summed E-state index contributed by atoms with van der Waals surface area (Å²) in [5.74, 6) is 1.12. The minimum Gasteiger partial charge on any atom is -0.267 e. The lowest BCUT2D eigenvalue weighted by Gasteiger charge is -2.21. The molecule has 1 aromatic heterocycles. The van der Waals surface area contributed by atoms with Crippen molar-refractivity contribution in [1.29, 1.82) is 0 Å². The van der Waals surface area contributed by atoms with Crippen LogP contribution >= 0.6 is 11.8 Å². The van der Waals surface area contributed by atoms with Gasteiger partial charge in [0.1, 0.15) is 0 Å². The van der Waals surface area contributed by atoms with Crippen molar-refractivity contribution < 1.29 is 4.79 Å². The standard InChI is InChI=1S/C22H28N4OS/c1-15-13-16(2)24-22(23-15)28-14-18-9-11-20(12-10-18)21(27)26-25-17(3)19-7-5-4-6-8-19/h9-13,19H,4-8,14H2,1-3H3,(H,26,27)/b25-17-. The van der Waals surface area contributed by atoms with Crippen LogP contribution in [-0.4, -0.2) is 21.6 Å². The highest BCUT2D eigenvalue weighted by molar-refractivity contribution is 7.98. The Labute approximate surface area is 171 Å². The number of amides is 1. The highest BCUT2D eigenvalue weighted by Gasteiger charge is 2.16. The molecule has 1 heterocycles. The summed E-state index contributed by atoms with van der Waals surface area (Å²) in [5.41, 5.74) is 7.45. The molecule has 5 nitrogen and oxygen atoms in total. The van der Waals surface area contributed by atoms with E-state index in [1.807, 2.05) is 51.1 Å². The zero-order valence-corrected chi connectivity index (χ0v) is 17.7. The lowest BCUT2D eigenvalue weighted by Crippen LogP contribution is -2.23. The Hall–Kier alpha value is -2.21. The largest absolute Gasteiger partial charge is 0.271 e. The smallest absolute Gasteiger partial charge is 0.267 e. The number of aromatic nitrogens is 2. The number of carbonyl (C=O) groups excluding carboxylic acids is 1. The molecular formula is C22H28N4OS. The number of rotatable bonds is 6. The maximum Gasteiger partial charge on any atom is 0.271 e. The van der Waals surface area contributed by atoms with E-state index in [4.69, 9.17) is 0 Å². The number of hydrogen-bond acceptors (Lipinski definition) is 5. The van der Waals surface area contributed by atoms with Crippen LogP contribution in [0.25, 0.3) is 0 Å². The Morgan fingerprint density at radius 3 is 2.39 bits per heavy atom. The maximum absolute atomic E-state index is 12.4. The molecule has 0 saturated heterocycles. The Kier molecular flexibility index (Phi) is 7.20. The predicted octanol–water partition coefficient (Wildman–Crippen LogP) is 5.07. The first-order valence-corrected chi connectivity index (χ1v) is 10.9. The molecule has 0 bridgehead atoms. The van der Waals surface area contributed by atoms with Crippen LogP contribution in [0.2, 0.25) is 0 Å². The number of hydrogen-bond donors (Lipinski definition) is 1. The molecule has 1 saturated carbocycles. The van der Waals surface area contributed by atoms with E-state index in [-0.39, 0.29) is 5.91 Å². The molecule has 1 aliphatic carbocycles. The highest BCUT2D eigenvalue weighted by Crippen LogP contribution is 2.24. The van der Waals surface area contributed by atoms with Gasteiger partial charge in [0.25, 0.3) is 5.91 Å². The SMILES string of the molecule is C/C(=N/NC(=O)c1ccc(CSc2nc(C)cc(C)n2)cc1)C1CCCCC1. The number of hydrazone groups is 1. The highest BCUT2D eigenvalue weighted by atomic mass is 32.2. The molecule has 0 atom stereocenters. The second kappa shape index (κ2) is 9.82. The molecule has 3 rings (SSSR count). The van der Waals surface area contributed by atoms with E-state index in [1.165, 1.54) is 32.1 Å². The van der Waals surface area contributed by atoms with Crippen molar-refractivity contribution in [2.45, 2.75) is 63.8 Å².